The van der Waals surface area contributed by atoms with Gasteiger partial charge in [0.1, 0.15) is 11.3 Å². The molecule has 0 fully saturated rings. The van der Waals surface area contributed by atoms with Crippen molar-refractivity contribution in [2.24, 2.45) is 5.73 Å². The SMILES string of the molecule is CNc1cc(CN)nc2c(F)cccc12. The van der Waals surface area contributed by atoms with E-state index in [2.05, 4.69) is 10.3 Å². The molecule has 3 N–H and O–H groups in total. The molecular formula is C11H12FN3. The van der Waals surface area contributed by atoms with Crippen LogP contribution < -0.4 is 11.1 Å². The van der Waals surface area contributed by atoms with Crippen molar-refractivity contribution in [3.63, 3.8) is 0 Å². The van der Waals surface area contributed by atoms with Gasteiger partial charge in [0.05, 0.1) is 5.69 Å². The minimum Gasteiger partial charge on any atom is -0.388 e. The molecule has 4 heteroatoms. The van der Waals surface area contributed by atoms with Crippen LogP contribution in [0.15, 0.2) is 24.3 Å². The Labute approximate surface area is 87.1 Å². The van der Waals surface area contributed by atoms with Gasteiger partial charge in [0, 0.05) is 24.7 Å². The molecule has 0 aliphatic heterocycles. The second kappa shape index (κ2) is 3.82. The van der Waals surface area contributed by atoms with Crippen LogP contribution in [0.25, 0.3) is 10.9 Å². The molecule has 1 aromatic carbocycles. The van der Waals surface area contributed by atoms with Gasteiger partial charge in [-0.25, -0.2) is 9.37 Å². The van der Waals surface area contributed by atoms with E-state index in [4.69, 9.17) is 5.73 Å². The molecule has 0 radical (unpaired) electrons. The van der Waals surface area contributed by atoms with Gasteiger partial charge >= 0.3 is 0 Å². The van der Waals surface area contributed by atoms with Crippen LogP contribution >= 0.6 is 0 Å². The smallest absolute Gasteiger partial charge is 0.149 e. The summed E-state index contributed by atoms with van der Waals surface area (Å²) in [6.07, 6.45) is 0. The van der Waals surface area contributed by atoms with E-state index in [1.165, 1.54) is 6.07 Å². The van der Waals surface area contributed by atoms with E-state index in [-0.39, 0.29) is 5.82 Å². The second-order valence-corrected chi connectivity index (χ2v) is 3.25. The predicted molar refractivity (Wildman–Crippen MR) is 59.1 cm³/mol. The molecular weight excluding hydrogens is 193 g/mol. The Bertz CT molecular complexity index is 496. The summed E-state index contributed by atoms with van der Waals surface area (Å²) in [5.41, 5.74) is 7.39. The number of nitrogens with one attached hydrogen (secondary N) is 1. The highest BCUT2D eigenvalue weighted by atomic mass is 19.1. The molecule has 0 aliphatic carbocycles. The van der Waals surface area contributed by atoms with Crippen molar-refractivity contribution >= 4 is 16.6 Å². The number of halogens is 1. The lowest BCUT2D eigenvalue weighted by Gasteiger charge is -2.08. The molecule has 15 heavy (non-hydrogen) atoms. The van der Waals surface area contributed by atoms with Crippen LogP contribution in [0.5, 0.6) is 0 Å². The summed E-state index contributed by atoms with van der Waals surface area (Å²) in [6, 6.07) is 6.73. The Morgan fingerprint density at radius 2 is 2.27 bits per heavy atom. The fourth-order valence-electron chi connectivity index (χ4n) is 1.58. The van der Waals surface area contributed by atoms with Crippen molar-refractivity contribution in [3.05, 3.63) is 35.8 Å². The van der Waals surface area contributed by atoms with Gasteiger partial charge < -0.3 is 11.1 Å². The van der Waals surface area contributed by atoms with Gasteiger partial charge in [0.25, 0.3) is 0 Å². The van der Waals surface area contributed by atoms with E-state index in [1.54, 1.807) is 13.1 Å². The topological polar surface area (TPSA) is 50.9 Å². The number of benzene rings is 1. The van der Waals surface area contributed by atoms with Gasteiger partial charge in [-0.3, -0.25) is 0 Å². The average molecular weight is 205 g/mol. The number of para-hydroxylation sites is 1. The summed E-state index contributed by atoms with van der Waals surface area (Å²) in [7, 11) is 1.79. The Balaban J connectivity index is 2.80. The van der Waals surface area contributed by atoms with E-state index in [0.29, 0.717) is 17.8 Å². The van der Waals surface area contributed by atoms with E-state index in [0.717, 1.165) is 11.1 Å². The third-order valence-corrected chi connectivity index (χ3v) is 2.32. The number of nitrogens with two attached hydrogens (primary N) is 1. The number of pyridine rings is 1. The molecule has 0 amide bonds. The molecule has 0 spiro atoms. The standard InChI is InChI=1S/C11H12FN3/c1-14-10-5-7(6-13)15-11-8(10)3-2-4-9(11)12/h2-5H,6,13H2,1H3,(H,14,15). The van der Waals surface area contributed by atoms with Crippen molar-refractivity contribution in [1.29, 1.82) is 0 Å². The van der Waals surface area contributed by atoms with Crippen LogP contribution in [0.2, 0.25) is 0 Å². The van der Waals surface area contributed by atoms with Gasteiger partial charge in [-0.05, 0) is 12.1 Å². The lowest BCUT2D eigenvalue weighted by Crippen LogP contribution is -2.02. The summed E-state index contributed by atoms with van der Waals surface area (Å²) < 4.78 is 13.5. The number of hydrogen-bond acceptors (Lipinski definition) is 3. The number of aromatic nitrogens is 1. The van der Waals surface area contributed by atoms with E-state index >= 15 is 0 Å². The average Bonchev–Trinajstić information content (AvgIpc) is 2.28. The van der Waals surface area contributed by atoms with Crippen molar-refractivity contribution in [3.8, 4) is 0 Å². The van der Waals surface area contributed by atoms with Crippen molar-refractivity contribution in [1.82, 2.24) is 4.98 Å². The molecule has 1 aromatic heterocycles. The number of anilines is 1. The zero-order valence-electron chi connectivity index (χ0n) is 8.42. The fraction of sp³-hybridized carbons (Fsp3) is 0.182. The zero-order chi connectivity index (χ0) is 10.8. The fourth-order valence-corrected chi connectivity index (χ4v) is 1.58. The quantitative estimate of drug-likeness (QED) is 0.787. The maximum absolute atomic E-state index is 13.5. The van der Waals surface area contributed by atoms with Gasteiger partial charge in [0.2, 0.25) is 0 Å². The first kappa shape index (κ1) is 9.86. The predicted octanol–water partition coefficient (Wildman–Crippen LogP) is 1.87. The number of nitrogens with zero attached hydrogens (tertiary/aromatic N) is 1. The Morgan fingerprint density at radius 3 is 2.93 bits per heavy atom. The van der Waals surface area contributed by atoms with Crippen LogP contribution in [0.1, 0.15) is 5.69 Å². The Kier molecular flexibility index (Phi) is 2.51. The lowest BCUT2D eigenvalue weighted by molar-refractivity contribution is 0.636. The van der Waals surface area contributed by atoms with Gasteiger partial charge in [-0.15, -0.1) is 0 Å². The molecule has 0 saturated heterocycles. The largest absolute Gasteiger partial charge is 0.388 e. The van der Waals surface area contributed by atoms with Gasteiger partial charge in [0.15, 0.2) is 0 Å². The van der Waals surface area contributed by atoms with Gasteiger partial charge in [-0.1, -0.05) is 12.1 Å². The summed E-state index contributed by atoms with van der Waals surface area (Å²) in [5.74, 6) is -0.320. The maximum Gasteiger partial charge on any atom is 0.149 e. The van der Waals surface area contributed by atoms with Crippen molar-refractivity contribution < 1.29 is 4.39 Å². The monoisotopic (exact) mass is 205 g/mol. The Morgan fingerprint density at radius 1 is 1.47 bits per heavy atom. The highest BCUT2D eigenvalue weighted by Gasteiger charge is 2.07. The zero-order valence-corrected chi connectivity index (χ0v) is 8.42. The lowest BCUT2D eigenvalue weighted by atomic mass is 10.1. The second-order valence-electron chi connectivity index (χ2n) is 3.25. The third-order valence-electron chi connectivity index (χ3n) is 2.32. The van der Waals surface area contributed by atoms with E-state index < -0.39 is 0 Å². The highest BCUT2D eigenvalue weighted by Crippen LogP contribution is 2.24. The minimum absolute atomic E-state index is 0.305. The molecule has 1 heterocycles. The van der Waals surface area contributed by atoms with Crippen molar-refractivity contribution in [2.75, 3.05) is 12.4 Å². The van der Waals surface area contributed by atoms with Crippen LogP contribution in [0, 0.1) is 5.82 Å². The first-order valence-corrected chi connectivity index (χ1v) is 4.72. The molecule has 0 unspecified atom stereocenters. The van der Waals surface area contributed by atoms with E-state index in [9.17, 15) is 4.39 Å². The molecule has 3 nitrogen and oxygen atoms in total. The maximum atomic E-state index is 13.5. The van der Waals surface area contributed by atoms with Crippen LogP contribution in [-0.2, 0) is 6.54 Å². The molecule has 0 saturated carbocycles. The number of hydrogen-bond donors (Lipinski definition) is 2. The third kappa shape index (κ3) is 1.64. The first-order valence-electron chi connectivity index (χ1n) is 4.72. The normalized spacial score (nSPS) is 10.6. The Hall–Kier alpha value is -1.68. The van der Waals surface area contributed by atoms with E-state index in [1.807, 2.05) is 12.1 Å². The van der Waals surface area contributed by atoms with Crippen LogP contribution in [0.4, 0.5) is 10.1 Å². The van der Waals surface area contributed by atoms with Crippen LogP contribution in [0.3, 0.4) is 0 Å². The first-order chi connectivity index (χ1) is 7.26. The molecule has 2 aromatic rings. The summed E-state index contributed by atoms with van der Waals surface area (Å²) in [4.78, 5) is 4.16. The van der Waals surface area contributed by atoms with Crippen molar-refractivity contribution in [2.45, 2.75) is 6.54 Å². The summed E-state index contributed by atoms with van der Waals surface area (Å²) in [5, 5.41) is 3.78. The summed E-state index contributed by atoms with van der Waals surface area (Å²) in [6.45, 7) is 0.305. The van der Waals surface area contributed by atoms with Gasteiger partial charge in [-0.2, -0.15) is 0 Å². The number of rotatable bonds is 2. The highest BCUT2D eigenvalue weighted by molar-refractivity contribution is 5.91. The number of fused-ring (bicyclic) bond motifs is 1. The minimum atomic E-state index is -0.320. The molecule has 78 valence electrons. The molecule has 0 aliphatic rings. The molecule has 0 bridgehead atoms. The summed E-state index contributed by atoms with van der Waals surface area (Å²) >= 11 is 0. The van der Waals surface area contributed by atoms with Crippen LogP contribution in [-0.4, -0.2) is 12.0 Å². The molecule has 0 atom stereocenters. The molecule has 2 rings (SSSR count).